The summed E-state index contributed by atoms with van der Waals surface area (Å²) in [5.74, 6) is -2.23. The van der Waals surface area contributed by atoms with Crippen molar-refractivity contribution < 1.29 is 23.6 Å². The number of benzene rings is 3. The number of halogens is 1. The summed E-state index contributed by atoms with van der Waals surface area (Å²) in [5.41, 5.74) is 4.80. The highest BCUT2D eigenvalue weighted by Crippen LogP contribution is 2.26. The van der Waals surface area contributed by atoms with Gasteiger partial charge in [0.1, 0.15) is 11.9 Å². The van der Waals surface area contributed by atoms with Gasteiger partial charge in [-0.05, 0) is 54.4 Å². The van der Waals surface area contributed by atoms with Crippen molar-refractivity contribution in [3.8, 4) is 11.1 Å². The number of rotatable bonds is 15. The summed E-state index contributed by atoms with van der Waals surface area (Å²) < 4.78 is 14.9. The molecule has 3 aromatic carbocycles. The molecule has 0 unspecified atom stereocenters. The third kappa shape index (κ3) is 10.5. The molecule has 3 N–H and O–H groups in total. The minimum Gasteiger partial charge on any atom is -0.348 e. The van der Waals surface area contributed by atoms with Crippen molar-refractivity contribution in [2.24, 2.45) is 11.3 Å². The number of amides is 3. The van der Waals surface area contributed by atoms with E-state index in [9.17, 15) is 18.8 Å². The second-order valence-electron chi connectivity index (χ2n) is 12.0. The summed E-state index contributed by atoms with van der Waals surface area (Å²) in [7, 11) is 0. The van der Waals surface area contributed by atoms with Gasteiger partial charge < -0.3 is 10.6 Å². The molecule has 0 aliphatic carbocycles. The van der Waals surface area contributed by atoms with Crippen LogP contribution in [0.15, 0.2) is 91.5 Å². The van der Waals surface area contributed by atoms with E-state index >= 15 is 0 Å². The molecule has 3 aromatic rings. The second kappa shape index (κ2) is 16.5. The van der Waals surface area contributed by atoms with E-state index in [-0.39, 0.29) is 30.8 Å². The Labute approximate surface area is 260 Å². The molecule has 0 heterocycles. The molecule has 7 nitrogen and oxygen atoms in total. The first kappa shape index (κ1) is 34.2. The van der Waals surface area contributed by atoms with Crippen LogP contribution < -0.4 is 16.1 Å². The quantitative estimate of drug-likeness (QED) is 0.106. The molecule has 0 radical (unpaired) electrons. The van der Waals surface area contributed by atoms with Crippen LogP contribution in [0.2, 0.25) is 0 Å². The van der Waals surface area contributed by atoms with Crippen LogP contribution in [0.5, 0.6) is 0 Å². The lowest BCUT2D eigenvalue weighted by atomic mass is 9.85. The first-order valence-corrected chi connectivity index (χ1v) is 15.0. The Morgan fingerprint density at radius 1 is 0.932 bits per heavy atom. The molecule has 8 heteroatoms. The number of hydrogen-bond acceptors (Lipinski definition) is 4. The van der Waals surface area contributed by atoms with Crippen molar-refractivity contribution in [2.45, 2.75) is 65.5 Å². The Bertz CT molecular complexity index is 1390. The smallest absolute Gasteiger partial charge is 0.244 e. The van der Waals surface area contributed by atoms with Crippen molar-refractivity contribution >= 4 is 17.7 Å². The Morgan fingerprint density at radius 3 is 2.20 bits per heavy atom. The number of nitrogens with one attached hydrogen (secondary N) is 3. The molecule has 0 saturated heterocycles. The van der Waals surface area contributed by atoms with Gasteiger partial charge in [0.2, 0.25) is 17.7 Å². The lowest BCUT2D eigenvalue weighted by Crippen LogP contribution is -2.55. The average Bonchev–Trinajstić information content (AvgIpc) is 2.99. The summed E-state index contributed by atoms with van der Waals surface area (Å²) in [4.78, 5) is 44.7. The Balaban J connectivity index is 1.70. The van der Waals surface area contributed by atoms with Crippen LogP contribution in [0.1, 0.15) is 64.1 Å². The zero-order chi connectivity index (χ0) is 32.1. The zero-order valence-corrected chi connectivity index (χ0v) is 26.1. The largest absolute Gasteiger partial charge is 0.348 e. The van der Waals surface area contributed by atoms with Crippen molar-refractivity contribution in [1.82, 2.24) is 16.1 Å². The van der Waals surface area contributed by atoms with Crippen LogP contribution in [-0.4, -0.2) is 30.4 Å². The summed E-state index contributed by atoms with van der Waals surface area (Å²) >= 11 is 0. The molecular weight excluding hydrogens is 557 g/mol. The highest BCUT2D eigenvalue weighted by atomic mass is 19.1. The van der Waals surface area contributed by atoms with Gasteiger partial charge in [-0.2, -0.15) is 0 Å². The SMILES string of the molecule is C=CCONC(=O)C[C@@H](CCCc1ccc(-c2ccccc2)c(F)c1)C(=O)N[C@H](C(=O)N[C@H](C)c1ccccc1)C(C)(C)C. The van der Waals surface area contributed by atoms with Gasteiger partial charge in [-0.25, -0.2) is 9.87 Å². The molecule has 3 rings (SSSR count). The summed E-state index contributed by atoms with van der Waals surface area (Å²) in [5, 5.41) is 5.93. The predicted molar refractivity (Wildman–Crippen MR) is 172 cm³/mol. The molecule has 0 aromatic heterocycles. The highest BCUT2D eigenvalue weighted by Gasteiger charge is 2.35. The van der Waals surface area contributed by atoms with Crippen molar-refractivity contribution in [1.29, 1.82) is 0 Å². The average molecular weight is 602 g/mol. The van der Waals surface area contributed by atoms with Gasteiger partial charge in [0.25, 0.3) is 0 Å². The van der Waals surface area contributed by atoms with E-state index in [1.54, 1.807) is 6.07 Å². The third-order valence-electron chi connectivity index (χ3n) is 7.40. The first-order chi connectivity index (χ1) is 21.0. The molecule has 0 spiro atoms. The van der Waals surface area contributed by atoms with Gasteiger partial charge in [0, 0.05) is 17.9 Å². The van der Waals surface area contributed by atoms with Gasteiger partial charge in [-0.15, -0.1) is 6.58 Å². The van der Waals surface area contributed by atoms with Crippen LogP contribution in [0.3, 0.4) is 0 Å². The summed E-state index contributed by atoms with van der Waals surface area (Å²) in [6, 6.07) is 23.0. The number of carbonyl (C=O) groups excluding carboxylic acids is 3. The Kier molecular flexibility index (Phi) is 12.8. The van der Waals surface area contributed by atoms with E-state index in [1.165, 1.54) is 12.1 Å². The van der Waals surface area contributed by atoms with Crippen LogP contribution in [0, 0.1) is 17.2 Å². The van der Waals surface area contributed by atoms with E-state index in [4.69, 9.17) is 4.84 Å². The first-order valence-electron chi connectivity index (χ1n) is 15.0. The second-order valence-corrected chi connectivity index (χ2v) is 12.0. The molecule has 0 saturated carbocycles. The van der Waals surface area contributed by atoms with Crippen LogP contribution in [0.4, 0.5) is 4.39 Å². The van der Waals surface area contributed by atoms with Crippen molar-refractivity contribution in [3.63, 3.8) is 0 Å². The number of hydroxylamine groups is 1. The van der Waals surface area contributed by atoms with Crippen LogP contribution in [0.25, 0.3) is 11.1 Å². The van der Waals surface area contributed by atoms with Gasteiger partial charge in [0.15, 0.2) is 0 Å². The van der Waals surface area contributed by atoms with E-state index < -0.39 is 29.2 Å². The molecule has 44 heavy (non-hydrogen) atoms. The fourth-order valence-electron chi connectivity index (χ4n) is 4.95. The molecule has 3 atom stereocenters. The maximum atomic E-state index is 14.9. The molecule has 0 aliphatic heterocycles. The lowest BCUT2D eigenvalue weighted by Gasteiger charge is -2.32. The molecule has 0 aliphatic rings. The monoisotopic (exact) mass is 601 g/mol. The molecule has 3 amide bonds. The van der Waals surface area contributed by atoms with Crippen molar-refractivity contribution in [3.05, 3.63) is 108 Å². The van der Waals surface area contributed by atoms with Gasteiger partial charge in [-0.1, -0.05) is 99.6 Å². The minimum absolute atomic E-state index is 0.124. The van der Waals surface area contributed by atoms with E-state index in [1.807, 2.05) is 94.4 Å². The van der Waals surface area contributed by atoms with Crippen molar-refractivity contribution in [2.75, 3.05) is 6.61 Å². The van der Waals surface area contributed by atoms with Gasteiger partial charge in [-0.3, -0.25) is 19.2 Å². The van der Waals surface area contributed by atoms with Gasteiger partial charge >= 0.3 is 0 Å². The maximum absolute atomic E-state index is 14.9. The number of carbonyl (C=O) groups is 3. The lowest BCUT2D eigenvalue weighted by molar-refractivity contribution is -0.139. The highest BCUT2D eigenvalue weighted by molar-refractivity contribution is 5.91. The standard InChI is InChI=1S/C36H44FN3O4/c1-6-22-44-40-32(41)24-29(19-13-14-26-20-21-30(31(37)23-26)28-17-11-8-12-18-28)34(42)39-33(36(3,4)5)35(43)38-25(2)27-15-9-7-10-16-27/h6-12,15-18,20-21,23,25,29,33H,1,13-14,19,22,24H2,2-5H3,(H,38,43)(H,39,42)(H,40,41)/t25-,29-,33-/m1/s1. The predicted octanol–water partition coefficient (Wildman–Crippen LogP) is 6.46. The molecular formula is C36H44FN3O4. The van der Waals surface area contributed by atoms with E-state index in [0.29, 0.717) is 24.8 Å². The summed E-state index contributed by atoms with van der Waals surface area (Å²) in [6.45, 7) is 11.2. The zero-order valence-electron chi connectivity index (χ0n) is 26.1. The van der Waals surface area contributed by atoms with Gasteiger partial charge in [0.05, 0.1) is 12.6 Å². The molecule has 0 bridgehead atoms. The Morgan fingerprint density at radius 2 is 1.59 bits per heavy atom. The topological polar surface area (TPSA) is 96.5 Å². The Hall–Kier alpha value is -4.30. The van der Waals surface area contributed by atoms with E-state index in [0.717, 1.165) is 16.7 Å². The molecule has 0 fully saturated rings. The fraction of sp³-hybridized carbons (Fsp3) is 0.361. The fourth-order valence-corrected chi connectivity index (χ4v) is 4.95. The maximum Gasteiger partial charge on any atom is 0.244 e. The number of aryl methyl sites for hydroxylation is 1. The third-order valence-corrected chi connectivity index (χ3v) is 7.40. The van der Waals surface area contributed by atoms with E-state index in [2.05, 4.69) is 22.7 Å². The molecule has 234 valence electrons. The summed E-state index contributed by atoms with van der Waals surface area (Å²) in [6.07, 6.45) is 2.75. The number of hydrogen-bond donors (Lipinski definition) is 3. The van der Waals surface area contributed by atoms with Crippen LogP contribution >= 0.6 is 0 Å². The normalized spacial score (nSPS) is 13.3. The minimum atomic E-state index is -0.844. The van der Waals surface area contributed by atoms with Crippen LogP contribution in [-0.2, 0) is 25.6 Å².